The van der Waals surface area contributed by atoms with Crippen molar-refractivity contribution in [3.8, 4) is 0 Å². The molecule has 1 aromatic carbocycles. The second kappa shape index (κ2) is 8.95. The zero-order valence-electron chi connectivity index (χ0n) is 15.2. The summed E-state index contributed by atoms with van der Waals surface area (Å²) in [4.78, 5) is 2.60. The van der Waals surface area contributed by atoms with Crippen LogP contribution in [0.25, 0.3) is 0 Å². The lowest BCUT2D eigenvalue weighted by Crippen LogP contribution is -2.47. The number of morpholine rings is 1. The summed E-state index contributed by atoms with van der Waals surface area (Å²) in [7, 11) is 0. The standard InChI is InChI=1S/C20H33N3O/c1-16(12-20-15-24-11-9-21-20)22-17(2)19-8-10-23(14-19)13-18-6-4-3-5-7-18/h3-7,16-17,19-22H,8-15H2,1-2H3. The molecule has 0 saturated carbocycles. The summed E-state index contributed by atoms with van der Waals surface area (Å²) in [5.74, 6) is 0.756. The van der Waals surface area contributed by atoms with Crippen LogP contribution in [0.15, 0.2) is 30.3 Å². The first-order valence-electron chi connectivity index (χ1n) is 9.54. The van der Waals surface area contributed by atoms with E-state index in [1.807, 2.05) is 0 Å². The first kappa shape index (κ1) is 17.9. The molecule has 2 fully saturated rings. The lowest BCUT2D eigenvalue weighted by molar-refractivity contribution is 0.0705. The van der Waals surface area contributed by atoms with Crippen LogP contribution in [0.1, 0.15) is 32.3 Å². The van der Waals surface area contributed by atoms with Crippen LogP contribution in [-0.2, 0) is 11.3 Å². The first-order valence-corrected chi connectivity index (χ1v) is 9.54. The third-order valence-corrected chi connectivity index (χ3v) is 5.45. The van der Waals surface area contributed by atoms with Crippen molar-refractivity contribution in [2.24, 2.45) is 5.92 Å². The van der Waals surface area contributed by atoms with E-state index in [9.17, 15) is 0 Å². The first-order chi connectivity index (χ1) is 11.7. The summed E-state index contributed by atoms with van der Waals surface area (Å²) in [5, 5.41) is 7.39. The minimum Gasteiger partial charge on any atom is -0.379 e. The molecule has 2 aliphatic heterocycles. The minimum atomic E-state index is 0.506. The molecule has 2 heterocycles. The fourth-order valence-corrected chi connectivity index (χ4v) is 4.11. The second-order valence-electron chi connectivity index (χ2n) is 7.59. The molecule has 1 aromatic rings. The Bertz CT molecular complexity index is 475. The Hall–Kier alpha value is -0.940. The van der Waals surface area contributed by atoms with Crippen molar-refractivity contribution in [1.29, 1.82) is 0 Å². The fourth-order valence-electron chi connectivity index (χ4n) is 4.11. The average molecular weight is 332 g/mol. The van der Waals surface area contributed by atoms with E-state index < -0.39 is 0 Å². The maximum atomic E-state index is 5.56. The molecule has 4 nitrogen and oxygen atoms in total. The van der Waals surface area contributed by atoms with E-state index in [-0.39, 0.29) is 0 Å². The quantitative estimate of drug-likeness (QED) is 0.803. The van der Waals surface area contributed by atoms with Crippen LogP contribution in [0.3, 0.4) is 0 Å². The Morgan fingerprint density at radius 2 is 2.12 bits per heavy atom. The van der Waals surface area contributed by atoms with Crippen LogP contribution in [0.4, 0.5) is 0 Å². The highest BCUT2D eigenvalue weighted by Crippen LogP contribution is 2.22. The van der Waals surface area contributed by atoms with Crippen molar-refractivity contribution in [1.82, 2.24) is 15.5 Å². The largest absolute Gasteiger partial charge is 0.379 e. The zero-order valence-corrected chi connectivity index (χ0v) is 15.2. The van der Waals surface area contributed by atoms with Gasteiger partial charge in [0.15, 0.2) is 0 Å². The Morgan fingerprint density at radius 1 is 1.29 bits per heavy atom. The maximum Gasteiger partial charge on any atom is 0.0620 e. The molecule has 4 heteroatoms. The summed E-state index contributed by atoms with van der Waals surface area (Å²) < 4.78 is 5.56. The van der Waals surface area contributed by atoms with Gasteiger partial charge in [-0.2, -0.15) is 0 Å². The SMILES string of the molecule is CC(CC1COCCN1)NC(C)C1CCN(Cc2ccccc2)C1. The highest BCUT2D eigenvalue weighted by atomic mass is 16.5. The molecule has 0 amide bonds. The topological polar surface area (TPSA) is 36.5 Å². The molecule has 0 bridgehead atoms. The lowest BCUT2D eigenvalue weighted by atomic mass is 9.98. The Morgan fingerprint density at radius 3 is 2.88 bits per heavy atom. The molecule has 0 radical (unpaired) electrons. The zero-order chi connectivity index (χ0) is 16.8. The van der Waals surface area contributed by atoms with E-state index in [1.165, 1.54) is 25.1 Å². The molecular formula is C20H33N3O. The molecule has 4 unspecified atom stereocenters. The molecule has 4 atom stereocenters. The van der Waals surface area contributed by atoms with Gasteiger partial charge in [0.05, 0.1) is 13.2 Å². The summed E-state index contributed by atoms with van der Waals surface area (Å²) in [6, 6.07) is 12.4. The average Bonchev–Trinajstić information content (AvgIpc) is 3.05. The molecule has 134 valence electrons. The van der Waals surface area contributed by atoms with Gasteiger partial charge in [-0.1, -0.05) is 30.3 Å². The van der Waals surface area contributed by atoms with Crippen molar-refractivity contribution >= 4 is 0 Å². The Balaban J connectivity index is 1.40. The molecular weight excluding hydrogens is 298 g/mol. The number of ether oxygens (including phenoxy) is 1. The van der Waals surface area contributed by atoms with Gasteiger partial charge in [-0.25, -0.2) is 0 Å². The smallest absolute Gasteiger partial charge is 0.0620 e. The predicted octanol–water partition coefficient (Wildman–Crippen LogP) is 2.25. The van der Waals surface area contributed by atoms with E-state index in [0.29, 0.717) is 18.1 Å². The molecule has 0 aromatic heterocycles. The molecule has 2 N–H and O–H groups in total. The molecule has 2 aliphatic rings. The monoisotopic (exact) mass is 331 g/mol. The molecule has 2 saturated heterocycles. The van der Waals surface area contributed by atoms with Crippen LogP contribution < -0.4 is 10.6 Å². The molecule has 0 aliphatic carbocycles. The maximum absolute atomic E-state index is 5.56. The van der Waals surface area contributed by atoms with Crippen molar-refractivity contribution in [3.05, 3.63) is 35.9 Å². The molecule has 0 spiro atoms. The number of hydrogen-bond donors (Lipinski definition) is 2. The van der Waals surface area contributed by atoms with Gasteiger partial charge in [0, 0.05) is 37.8 Å². The summed E-state index contributed by atoms with van der Waals surface area (Å²) in [6.45, 7) is 10.9. The van der Waals surface area contributed by atoms with Gasteiger partial charge in [-0.05, 0) is 44.7 Å². The van der Waals surface area contributed by atoms with Crippen LogP contribution in [0, 0.1) is 5.92 Å². The van der Waals surface area contributed by atoms with Gasteiger partial charge in [-0.3, -0.25) is 4.90 Å². The van der Waals surface area contributed by atoms with E-state index in [1.54, 1.807) is 0 Å². The summed E-state index contributed by atoms with van der Waals surface area (Å²) in [6.07, 6.45) is 2.45. The highest BCUT2D eigenvalue weighted by Gasteiger charge is 2.28. The number of rotatable bonds is 7. The normalized spacial score (nSPS) is 27.9. The summed E-state index contributed by atoms with van der Waals surface area (Å²) in [5.41, 5.74) is 1.43. The number of benzene rings is 1. The van der Waals surface area contributed by atoms with E-state index >= 15 is 0 Å². The van der Waals surface area contributed by atoms with Crippen molar-refractivity contribution in [2.75, 3.05) is 32.8 Å². The van der Waals surface area contributed by atoms with Crippen LogP contribution in [0.5, 0.6) is 0 Å². The van der Waals surface area contributed by atoms with Gasteiger partial charge >= 0.3 is 0 Å². The van der Waals surface area contributed by atoms with E-state index in [4.69, 9.17) is 4.74 Å². The molecule has 3 rings (SSSR count). The lowest BCUT2D eigenvalue weighted by Gasteiger charge is -2.30. The van der Waals surface area contributed by atoms with E-state index in [0.717, 1.165) is 38.6 Å². The van der Waals surface area contributed by atoms with Crippen LogP contribution >= 0.6 is 0 Å². The van der Waals surface area contributed by atoms with Gasteiger partial charge in [-0.15, -0.1) is 0 Å². The third-order valence-electron chi connectivity index (χ3n) is 5.45. The van der Waals surface area contributed by atoms with Crippen molar-refractivity contribution in [3.63, 3.8) is 0 Å². The van der Waals surface area contributed by atoms with Crippen LogP contribution in [0.2, 0.25) is 0 Å². The van der Waals surface area contributed by atoms with Crippen LogP contribution in [-0.4, -0.2) is 55.9 Å². The van der Waals surface area contributed by atoms with Crippen molar-refractivity contribution < 1.29 is 4.74 Å². The third kappa shape index (κ3) is 5.28. The number of likely N-dealkylation sites (tertiary alicyclic amines) is 1. The van der Waals surface area contributed by atoms with Gasteiger partial charge in [0.1, 0.15) is 0 Å². The molecule has 24 heavy (non-hydrogen) atoms. The van der Waals surface area contributed by atoms with E-state index in [2.05, 4.69) is 59.7 Å². The summed E-state index contributed by atoms with van der Waals surface area (Å²) >= 11 is 0. The Labute approximate surface area is 147 Å². The van der Waals surface area contributed by atoms with Gasteiger partial charge in [0.25, 0.3) is 0 Å². The Kier molecular flexibility index (Phi) is 6.67. The number of nitrogens with one attached hydrogen (secondary N) is 2. The predicted molar refractivity (Wildman–Crippen MR) is 99.1 cm³/mol. The number of nitrogens with zero attached hydrogens (tertiary/aromatic N) is 1. The second-order valence-corrected chi connectivity index (χ2v) is 7.59. The van der Waals surface area contributed by atoms with Gasteiger partial charge in [0.2, 0.25) is 0 Å². The van der Waals surface area contributed by atoms with Crippen molar-refractivity contribution in [2.45, 2.75) is 51.4 Å². The number of hydrogen-bond acceptors (Lipinski definition) is 4. The van der Waals surface area contributed by atoms with Gasteiger partial charge < -0.3 is 15.4 Å². The fraction of sp³-hybridized carbons (Fsp3) is 0.700. The highest BCUT2D eigenvalue weighted by molar-refractivity contribution is 5.14. The minimum absolute atomic E-state index is 0.506.